The molecule has 0 aromatic heterocycles. The standard InChI is InChI=1S/C19H24O5/c1-9(2)17(21)24-16-15-11(4)18(22)23-13(15)8-10(3)12-6-7-14(20)19(12,16)5/h6-7,9-10,12-13,15-16H,4,8H2,1-3,5H3. The molecule has 24 heavy (non-hydrogen) atoms. The molecule has 0 amide bonds. The van der Waals surface area contributed by atoms with Gasteiger partial charge in [0.15, 0.2) is 5.78 Å². The molecule has 0 radical (unpaired) electrons. The molecule has 1 saturated carbocycles. The van der Waals surface area contributed by atoms with Gasteiger partial charge in [0.25, 0.3) is 0 Å². The number of allylic oxidation sites excluding steroid dienone is 2. The Bertz CT molecular complexity index is 646. The molecule has 0 aromatic rings. The molecule has 5 nitrogen and oxygen atoms in total. The van der Waals surface area contributed by atoms with Crippen molar-refractivity contribution in [2.75, 3.05) is 0 Å². The van der Waals surface area contributed by atoms with Crippen LogP contribution < -0.4 is 0 Å². The topological polar surface area (TPSA) is 69.7 Å². The summed E-state index contributed by atoms with van der Waals surface area (Å²) >= 11 is 0. The Morgan fingerprint density at radius 1 is 1.42 bits per heavy atom. The Labute approximate surface area is 142 Å². The Hall–Kier alpha value is -1.91. The van der Waals surface area contributed by atoms with Crippen molar-refractivity contribution in [3.63, 3.8) is 0 Å². The van der Waals surface area contributed by atoms with Gasteiger partial charge in [-0.2, -0.15) is 0 Å². The number of rotatable bonds is 2. The molecule has 1 heterocycles. The van der Waals surface area contributed by atoms with E-state index in [1.165, 1.54) is 0 Å². The zero-order chi connectivity index (χ0) is 17.8. The van der Waals surface area contributed by atoms with E-state index in [0.29, 0.717) is 12.0 Å². The van der Waals surface area contributed by atoms with Crippen LogP contribution in [0.2, 0.25) is 0 Å². The predicted octanol–water partition coefficient (Wildman–Crippen LogP) is 2.45. The van der Waals surface area contributed by atoms with Crippen LogP contribution in [0.3, 0.4) is 0 Å². The molecule has 2 fully saturated rings. The van der Waals surface area contributed by atoms with Crippen LogP contribution in [0.4, 0.5) is 0 Å². The van der Waals surface area contributed by atoms with Crippen LogP contribution in [0.1, 0.15) is 34.1 Å². The summed E-state index contributed by atoms with van der Waals surface area (Å²) in [6.07, 6.45) is 2.98. The van der Waals surface area contributed by atoms with E-state index >= 15 is 0 Å². The third-order valence-corrected chi connectivity index (χ3v) is 5.85. The molecule has 0 bridgehead atoms. The van der Waals surface area contributed by atoms with Crippen molar-refractivity contribution in [1.29, 1.82) is 0 Å². The SMILES string of the molecule is C=C1C(=O)OC2CC(C)C3C=CC(=O)C3(C)C(OC(=O)C(C)C)C12. The molecule has 3 rings (SSSR count). The van der Waals surface area contributed by atoms with Gasteiger partial charge in [-0.15, -0.1) is 0 Å². The fraction of sp³-hybridized carbons (Fsp3) is 0.632. The fourth-order valence-corrected chi connectivity index (χ4v) is 4.41. The second-order valence-corrected chi connectivity index (χ2v) is 7.75. The second kappa shape index (κ2) is 5.57. The smallest absolute Gasteiger partial charge is 0.334 e. The molecule has 0 aromatic carbocycles. The summed E-state index contributed by atoms with van der Waals surface area (Å²) < 4.78 is 11.3. The van der Waals surface area contributed by atoms with Crippen molar-refractivity contribution in [1.82, 2.24) is 0 Å². The number of fused-ring (bicyclic) bond motifs is 2. The van der Waals surface area contributed by atoms with Gasteiger partial charge < -0.3 is 9.47 Å². The first-order chi connectivity index (χ1) is 11.2. The van der Waals surface area contributed by atoms with Crippen LogP contribution in [0.15, 0.2) is 24.3 Å². The fourth-order valence-electron chi connectivity index (χ4n) is 4.41. The van der Waals surface area contributed by atoms with Crippen molar-refractivity contribution in [3.05, 3.63) is 24.3 Å². The van der Waals surface area contributed by atoms with E-state index < -0.39 is 29.5 Å². The number of esters is 2. The van der Waals surface area contributed by atoms with Gasteiger partial charge >= 0.3 is 11.9 Å². The van der Waals surface area contributed by atoms with Crippen molar-refractivity contribution in [2.45, 2.75) is 46.3 Å². The van der Waals surface area contributed by atoms with E-state index in [-0.39, 0.29) is 29.5 Å². The maximum Gasteiger partial charge on any atom is 0.334 e. The first kappa shape index (κ1) is 16.9. The van der Waals surface area contributed by atoms with E-state index in [2.05, 4.69) is 6.58 Å². The summed E-state index contributed by atoms with van der Waals surface area (Å²) in [5, 5.41) is 0. The highest BCUT2D eigenvalue weighted by molar-refractivity contribution is 5.99. The van der Waals surface area contributed by atoms with Crippen LogP contribution >= 0.6 is 0 Å². The Kier molecular flexibility index (Phi) is 3.93. The van der Waals surface area contributed by atoms with Gasteiger partial charge in [-0.1, -0.05) is 33.4 Å². The molecule has 6 unspecified atom stereocenters. The molecular formula is C19H24O5. The average Bonchev–Trinajstić information content (AvgIpc) is 2.92. The van der Waals surface area contributed by atoms with Gasteiger partial charge in [0, 0.05) is 5.57 Å². The van der Waals surface area contributed by atoms with Gasteiger partial charge in [0.05, 0.1) is 17.3 Å². The molecule has 0 N–H and O–H groups in total. The van der Waals surface area contributed by atoms with Crippen molar-refractivity contribution in [3.8, 4) is 0 Å². The van der Waals surface area contributed by atoms with E-state index in [9.17, 15) is 14.4 Å². The van der Waals surface area contributed by atoms with E-state index in [0.717, 1.165) is 0 Å². The lowest BCUT2D eigenvalue weighted by atomic mass is 9.67. The average molecular weight is 332 g/mol. The van der Waals surface area contributed by atoms with Crippen LogP contribution in [0, 0.1) is 29.1 Å². The molecule has 1 saturated heterocycles. The van der Waals surface area contributed by atoms with Crippen molar-refractivity contribution >= 4 is 17.7 Å². The summed E-state index contributed by atoms with van der Waals surface area (Å²) in [4.78, 5) is 37.1. The number of ether oxygens (including phenoxy) is 2. The van der Waals surface area contributed by atoms with Crippen molar-refractivity contribution < 1.29 is 23.9 Å². The number of hydrogen-bond donors (Lipinski definition) is 0. The Morgan fingerprint density at radius 3 is 2.71 bits per heavy atom. The number of ketones is 1. The maximum atomic E-state index is 12.7. The zero-order valence-electron chi connectivity index (χ0n) is 14.6. The van der Waals surface area contributed by atoms with Gasteiger partial charge in [-0.25, -0.2) is 4.79 Å². The van der Waals surface area contributed by atoms with Crippen LogP contribution in [0.5, 0.6) is 0 Å². The normalized spacial score (nSPS) is 41.0. The molecule has 1 aliphatic heterocycles. The van der Waals surface area contributed by atoms with Gasteiger partial charge in [-0.3, -0.25) is 9.59 Å². The lowest BCUT2D eigenvalue weighted by molar-refractivity contribution is -0.168. The first-order valence-electron chi connectivity index (χ1n) is 8.50. The molecule has 2 aliphatic carbocycles. The zero-order valence-corrected chi connectivity index (χ0v) is 14.6. The van der Waals surface area contributed by atoms with E-state index in [1.54, 1.807) is 19.9 Å². The van der Waals surface area contributed by atoms with Crippen LogP contribution in [0.25, 0.3) is 0 Å². The predicted molar refractivity (Wildman–Crippen MR) is 86.8 cm³/mol. The molecule has 3 aliphatic rings. The van der Waals surface area contributed by atoms with E-state index in [4.69, 9.17) is 9.47 Å². The monoisotopic (exact) mass is 332 g/mol. The summed E-state index contributed by atoms with van der Waals surface area (Å²) in [6.45, 7) is 11.2. The highest BCUT2D eigenvalue weighted by Crippen LogP contribution is 2.54. The van der Waals surface area contributed by atoms with E-state index in [1.807, 2.05) is 19.9 Å². The molecule has 130 valence electrons. The minimum absolute atomic E-state index is 0.0490. The minimum Gasteiger partial charge on any atom is -0.460 e. The highest BCUT2D eigenvalue weighted by atomic mass is 16.6. The molecule has 0 spiro atoms. The molecule has 6 atom stereocenters. The summed E-state index contributed by atoms with van der Waals surface area (Å²) in [7, 11) is 0. The minimum atomic E-state index is -0.889. The maximum absolute atomic E-state index is 12.7. The van der Waals surface area contributed by atoms with Crippen molar-refractivity contribution in [2.24, 2.45) is 29.1 Å². The molecule has 5 heteroatoms. The highest BCUT2D eigenvalue weighted by Gasteiger charge is 2.62. The Balaban J connectivity index is 2.09. The number of carbonyl (C=O) groups excluding carboxylic acids is 3. The first-order valence-corrected chi connectivity index (χ1v) is 8.50. The van der Waals surface area contributed by atoms with Crippen LogP contribution in [-0.2, 0) is 23.9 Å². The van der Waals surface area contributed by atoms with Gasteiger partial charge in [0.1, 0.15) is 12.2 Å². The lowest BCUT2D eigenvalue weighted by Gasteiger charge is -2.39. The molecular weight excluding hydrogens is 308 g/mol. The quantitative estimate of drug-likeness (QED) is 0.574. The number of hydrogen-bond acceptors (Lipinski definition) is 5. The summed E-state index contributed by atoms with van der Waals surface area (Å²) in [5.74, 6) is -1.60. The third kappa shape index (κ3) is 2.25. The van der Waals surface area contributed by atoms with Gasteiger partial charge in [0.2, 0.25) is 0 Å². The van der Waals surface area contributed by atoms with Gasteiger partial charge in [-0.05, 0) is 31.3 Å². The third-order valence-electron chi connectivity index (χ3n) is 5.85. The second-order valence-electron chi connectivity index (χ2n) is 7.75. The Morgan fingerprint density at radius 2 is 2.08 bits per heavy atom. The summed E-state index contributed by atoms with van der Waals surface area (Å²) in [5.41, 5.74) is -0.587. The van der Waals surface area contributed by atoms with Crippen LogP contribution in [-0.4, -0.2) is 29.9 Å². The lowest BCUT2D eigenvalue weighted by Crippen LogP contribution is -2.49. The number of carbonyl (C=O) groups is 3. The largest absolute Gasteiger partial charge is 0.460 e. The summed E-state index contributed by atoms with van der Waals surface area (Å²) in [6, 6.07) is 0.